The third kappa shape index (κ3) is 2.84. The quantitative estimate of drug-likeness (QED) is 0.918. The molecule has 0 bridgehead atoms. The first-order valence-electron chi connectivity index (χ1n) is 7.00. The number of methoxy groups -OCH3 is 1. The predicted molar refractivity (Wildman–Crippen MR) is 79.6 cm³/mol. The van der Waals surface area contributed by atoms with E-state index in [0.29, 0.717) is 12.0 Å². The highest BCUT2D eigenvalue weighted by atomic mass is 32.2. The largest absolute Gasteiger partial charge is 0.493 e. The summed E-state index contributed by atoms with van der Waals surface area (Å²) in [6, 6.07) is 6.30. The SMILES string of the molecule is COc1c(OC2CCSC2)cccc1C1CCNC1. The highest BCUT2D eigenvalue weighted by Gasteiger charge is 2.24. The minimum atomic E-state index is 0.343. The van der Waals surface area contributed by atoms with Gasteiger partial charge in [0.2, 0.25) is 0 Å². The van der Waals surface area contributed by atoms with Gasteiger partial charge in [-0.15, -0.1) is 0 Å². The molecule has 3 nitrogen and oxygen atoms in total. The van der Waals surface area contributed by atoms with Crippen molar-refractivity contribution in [2.45, 2.75) is 24.9 Å². The van der Waals surface area contributed by atoms with Gasteiger partial charge >= 0.3 is 0 Å². The summed E-state index contributed by atoms with van der Waals surface area (Å²) in [6.45, 7) is 2.14. The molecule has 2 heterocycles. The molecule has 3 rings (SSSR count). The molecule has 1 aromatic rings. The van der Waals surface area contributed by atoms with Crippen molar-refractivity contribution in [3.63, 3.8) is 0 Å². The molecule has 0 spiro atoms. The molecule has 2 fully saturated rings. The number of hydrogen-bond acceptors (Lipinski definition) is 4. The summed E-state index contributed by atoms with van der Waals surface area (Å²) in [4.78, 5) is 0. The molecule has 104 valence electrons. The number of benzene rings is 1. The second-order valence-electron chi connectivity index (χ2n) is 5.17. The first-order valence-corrected chi connectivity index (χ1v) is 8.16. The molecule has 1 aromatic carbocycles. The summed E-state index contributed by atoms with van der Waals surface area (Å²) in [6.07, 6.45) is 2.66. The lowest BCUT2D eigenvalue weighted by Crippen LogP contribution is -2.16. The maximum absolute atomic E-state index is 6.13. The summed E-state index contributed by atoms with van der Waals surface area (Å²) in [5, 5.41) is 3.42. The van der Waals surface area contributed by atoms with Crippen LogP contribution in [0.4, 0.5) is 0 Å². The van der Waals surface area contributed by atoms with E-state index in [9.17, 15) is 0 Å². The maximum Gasteiger partial charge on any atom is 0.164 e. The Kier molecular flexibility index (Phi) is 4.18. The Labute approximate surface area is 119 Å². The van der Waals surface area contributed by atoms with Crippen molar-refractivity contribution in [2.24, 2.45) is 0 Å². The molecule has 2 aliphatic rings. The zero-order valence-corrected chi connectivity index (χ0v) is 12.2. The summed E-state index contributed by atoms with van der Waals surface area (Å²) < 4.78 is 11.8. The van der Waals surface area contributed by atoms with Crippen molar-refractivity contribution in [1.82, 2.24) is 5.32 Å². The number of thioether (sulfide) groups is 1. The average Bonchev–Trinajstić information content (AvgIpc) is 3.11. The summed E-state index contributed by atoms with van der Waals surface area (Å²) >= 11 is 1.97. The normalized spacial score (nSPS) is 26.6. The molecule has 0 aliphatic carbocycles. The molecule has 1 N–H and O–H groups in total. The summed E-state index contributed by atoms with van der Waals surface area (Å²) in [5.74, 6) is 4.71. The van der Waals surface area contributed by atoms with Crippen LogP contribution < -0.4 is 14.8 Å². The second kappa shape index (κ2) is 6.06. The molecule has 0 amide bonds. The monoisotopic (exact) mass is 279 g/mol. The van der Waals surface area contributed by atoms with Gasteiger partial charge in [0, 0.05) is 23.8 Å². The van der Waals surface area contributed by atoms with Gasteiger partial charge in [0.05, 0.1) is 7.11 Å². The van der Waals surface area contributed by atoms with Crippen LogP contribution in [0.2, 0.25) is 0 Å². The van der Waals surface area contributed by atoms with Gasteiger partial charge in [0.25, 0.3) is 0 Å². The molecular weight excluding hydrogens is 258 g/mol. The molecule has 0 saturated carbocycles. The van der Waals surface area contributed by atoms with Crippen molar-refractivity contribution in [3.05, 3.63) is 23.8 Å². The molecule has 2 unspecified atom stereocenters. The Hall–Kier alpha value is -0.870. The number of rotatable bonds is 4. The molecule has 19 heavy (non-hydrogen) atoms. The third-order valence-electron chi connectivity index (χ3n) is 3.90. The first-order chi connectivity index (χ1) is 9.38. The van der Waals surface area contributed by atoms with Crippen molar-refractivity contribution < 1.29 is 9.47 Å². The van der Waals surface area contributed by atoms with Gasteiger partial charge < -0.3 is 14.8 Å². The highest BCUT2D eigenvalue weighted by Crippen LogP contribution is 2.39. The smallest absolute Gasteiger partial charge is 0.164 e. The Morgan fingerprint density at radius 3 is 2.95 bits per heavy atom. The fraction of sp³-hybridized carbons (Fsp3) is 0.600. The summed E-state index contributed by atoms with van der Waals surface area (Å²) in [7, 11) is 1.75. The van der Waals surface area contributed by atoms with Crippen molar-refractivity contribution in [3.8, 4) is 11.5 Å². The van der Waals surface area contributed by atoms with E-state index in [-0.39, 0.29) is 0 Å². The van der Waals surface area contributed by atoms with Gasteiger partial charge in [-0.2, -0.15) is 11.8 Å². The van der Waals surface area contributed by atoms with Crippen LogP contribution in [0.25, 0.3) is 0 Å². The van der Waals surface area contributed by atoms with Crippen molar-refractivity contribution in [1.29, 1.82) is 0 Å². The standard InChI is InChI=1S/C15H21NO2S/c1-17-15-13(11-5-7-16-9-11)3-2-4-14(15)18-12-6-8-19-10-12/h2-4,11-12,16H,5-10H2,1H3. The van der Waals surface area contributed by atoms with Crippen LogP contribution in [-0.2, 0) is 0 Å². The molecule has 2 saturated heterocycles. The van der Waals surface area contributed by atoms with Gasteiger partial charge in [-0.1, -0.05) is 12.1 Å². The highest BCUT2D eigenvalue weighted by molar-refractivity contribution is 7.99. The van der Waals surface area contributed by atoms with E-state index in [0.717, 1.165) is 36.8 Å². The molecule has 4 heteroatoms. The van der Waals surface area contributed by atoms with E-state index in [4.69, 9.17) is 9.47 Å². The van der Waals surface area contributed by atoms with Gasteiger partial charge in [0.1, 0.15) is 6.10 Å². The van der Waals surface area contributed by atoms with Gasteiger partial charge in [-0.05, 0) is 31.2 Å². The Balaban J connectivity index is 1.83. The average molecular weight is 279 g/mol. The van der Waals surface area contributed by atoms with Crippen LogP contribution in [-0.4, -0.2) is 37.8 Å². The maximum atomic E-state index is 6.13. The van der Waals surface area contributed by atoms with E-state index in [1.54, 1.807) is 7.11 Å². The number of para-hydroxylation sites is 1. The minimum absolute atomic E-state index is 0.343. The van der Waals surface area contributed by atoms with Crippen molar-refractivity contribution in [2.75, 3.05) is 31.7 Å². The molecule has 2 aliphatic heterocycles. The fourth-order valence-electron chi connectivity index (χ4n) is 2.87. The Morgan fingerprint density at radius 1 is 1.32 bits per heavy atom. The lowest BCUT2D eigenvalue weighted by molar-refractivity contribution is 0.217. The lowest BCUT2D eigenvalue weighted by Gasteiger charge is -2.20. The minimum Gasteiger partial charge on any atom is -0.493 e. The van der Waals surface area contributed by atoms with E-state index in [1.807, 2.05) is 17.8 Å². The van der Waals surface area contributed by atoms with E-state index in [1.165, 1.54) is 17.7 Å². The molecule has 0 radical (unpaired) electrons. The van der Waals surface area contributed by atoms with E-state index >= 15 is 0 Å². The van der Waals surface area contributed by atoms with E-state index in [2.05, 4.69) is 17.4 Å². The number of hydrogen-bond donors (Lipinski definition) is 1. The van der Waals surface area contributed by atoms with Crippen LogP contribution in [0, 0.1) is 0 Å². The van der Waals surface area contributed by atoms with Crippen LogP contribution in [0.5, 0.6) is 11.5 Å². The fourth-order valence-corrected chi connectivity index (χ4v) is 3.96. The van der Waals surface area contributed by atoms with Crippen LogP contribution in [0.1, 0.15) is 24.3 Å². The van der Waals surface area contributed by atoms with Crippen LogP contribution >= 0.6 is 11.8 Å². The Bertz CT molecular complexity index is 426. The summed E-state index contributed by atoms with van der Waals surface area (Å²) in [5.41, 5.74) is 1.29. The van der Waals surface area contributed by atoms with Crippen LogP contribution in [0.15, 0.2) is 18.2 Å². The molecule has 0 aromatic heterocycles. The van der Waals surface area contributed by atoms with Gasteiger partial charge in [0.15, 0.2) is 11.5 Å². The zero-order chi connectivity index (χ0) is 13.1. The predicted octanol–water partition coefficient (Wildman–Crippen LogP) is 2.66. The van der Waals surface area contributed by atoms with Crippen LogP contribution in [0.3, 0.4) is 0 Å². The topological polar surface area (TPSA) is 30.5 Å². The van der Waals surface area contributed by atoms with E-state index < -0.39 is 0 Å². The van der Waals surface area contributed by atoms with Crippen molar-refractivity contribution >= 4 is 11.8 Å². The van der Waals surface area contributed by atoms with Gasteiger partial charge in [-0.25, -0.2) is 0 Å². The van der Waals surface area contributed by atoms with Gasteiger partial charge in [-0.3, -0.25) is 0 Å². The molecular formula is C15H21NO2S. The lowest BCUT2D eigenvalue weighted by atomic mass is 9.97. The Morgan fingerprint density at radius 2 is 2.26 bits per heavy atom. The second-order valence-corrected chi connectivity index (χ2v) is 6.32. The first kappa shape index (κ1) is 13.1. The number of ether oxygens (including phenoxy) is 2. The third-order valence-corrected chi connectivity index (χ3v) is 5.03. The number of nitrogens with one attached hydrogen (secondary N) is 1. The zero-order valence-electron chi connectivity index (χ0n) is 11.4. The molecule has 2 atom stereocenters.